The van der Waals surface area contributed by atoms with Gasteiger partial charge in [0.2, 0.25) is 0 Å². The van der Waals surface area contributed by atoms with Crippen LogP contribution in [0.5, 0.6) is 0 Å². The molecule has 1 aromatic carbocycles. The van der Waals surface area contributed by atoms with E-state index in [4.69, 9.17) is 0 Å². The predicted molar refractivity (Wildman–Crippen MR) is 81.9 cm³/mol. The van der Waals surface area contributed by atoms with Crippen molar-refractivity contribution >= 4 is 22.3 Å². The Balaban J connectivity index is 2.02. The standard InChI is InChI=1S/C16H21N3/c1-12-6-9-19(10-7-12)16-15-11-14(17-2)4-3-13(15)5-8-18-16/h3-5,8,11-12,17H,6-7,9-10H2,1-2H3. The van der Waals surface area contributed by atoms with Crippen molar-refractivity contribution in [1.29, 1.82) is 0 Å². The SMILES string of the molecule is CNc1ccc2ccnc(N3CCC(C)CC3)c2c1. The quantitative estimate of drug-likeness (QED) is 0.890. The van der Waals surface area contributed by atoms with Gasteiger partial charge in [0.25, 0.3) is 0 Å². The minimum atomic E-state index is 0.846. The first-order valence-electron chi connectivity index (χ1n) is 7.09. The summed E-state index contributed by atoms with van der Waals surface area (Å²) < 4.78 is 0. The molecular formula is C16H21N3. The second kappa shape index (κ2) is 5.08. The number of hydrogen-bond acceptors (Lipinski definition) is 3. The zero-order valence-electron chi connectivity index (χ0n) is 11.7. The van der Waals surface area contributed by atoms with E-state index in [0.717, 1.165) is 30.5 Å². The maximum absolute atomic E-state index is 4.63. The summed E-state index contributed by atoms with van der Waals surface area (Å²) in [6, 6.07) is 8.57. The number of nitrogens with one attached hydrogen (secondary N) is 1. The van der Waals surface area contributed by atoms with Crippen LogP contribution in [-0.2, 0) is 0 Å². The van der Waals surface area contributed by atoms with Gasteiger partial charge in [0.15, 0.2) is 0 Å². The van der Waals surface area contributed by atoms with Gasteiger partial charge in [-0.1, -0.05) is 13.0 Å². The van der Waals surface area contributed by atoms with Crippen LogP contribution >= 0.6 is 0 Å². The van der Waals surface area contributed by atoms with Crippen LogP contribution in [0.15, 0.2) is 30.5 Å². The highest BCUT2D eigenvalue weighted by atomic mass is 15.2. The zero-order chi connectivity index (χ0) is 13.2. The first kappa shape index (κ1) is 12.3. The summed E-state index contributed by atoms with van der Waals surface area (Å²) in [5.74, 6) is 1.99. The van der Waals surface area contributed by atoms with E-state index in [2.05, 4.69) is 46.4 Å². The first-order chi connectivity index (χ1) is 9.28. The number of piperidine rings is 1. The van der Waals surface area contributed by atoms with Crippen LogP contribution in [0.3, 0.4) is 0 Å². The number of fused-ring (bicyclic) bond motifs is 1. The van der Waals surface area contributed by atoms with Crippen molar-refractivity contribution in [2.45, 2.75) is 19.8 Å². The number of anilines is 2. The molecule has 2 aromatic rings. The Hall–Kier alpha value is -1.77. The monoisotopic (exact) mass is 255 g/mol. The van der Waals surface area contributed by atoms with Crippen molar-refractivity contribution in [3.8, 4) is 0 Å². The van der Waals surface area contributed by atoms with Crippen molar-refractivity contribution in [3.63, 3.8) is 0 Å². The summed E-state index contributed by atoms with van der Waals surface area (Å²) in [5.41, 5.74) is 1.15. The van der Waals surface area contributed by atoms with Crippen molar-refractivity contribution < 1.29 is 0 Å². The maximum Gasteiger partial charge on any atom is 0.136 e. The van der Waals surface area contributed by atoms with Crippen LogP contribution in [0.1, 0.15) is 19.8 Å². The Labute approximate surface area is 114 Å². The summed E-state index contributed by atoms with van der Waals surface area (Å²) in [7, 11) is 1.96. The number of pyridine rings is 1. The molecule has 2 heterocycles. The van der Waals surface area contributed by atoms with Crippen molar-refractivity contribution in [2.24, 2.45) is 5.92 Å². The van der Waals surface area contributed by atoms with Crippen molar-refractivity contribution in [1.82, 2.24) is 4.98 Å². The lowest BCUT2D eigenvalue weighted by Gasteiger charge is -2.32. The van der Waals surface area contributed by atoms with Crippen LogP contribution in [0.4, 0.5) is 11.5 Å². The van der Waals surface area contributed by atoms with Gasteiger partial charge < -0.3 is 10.2 Å². The summed E-state index contributed by atoms with van der Waals surface area (Å²) >= 11 is 0. The summed E-state index contributed by atoms with van der Waals surface area (Å²) in [6.45, 7) is 4.58. The average Bonchev–Trinajstić information content (AvgIpc) is 2.47. The molecule has 3 rings (SSSR count). The highest BCUT2D eigenvalue weighted by Crippen LogP contribution is 2.29. The molecule has 0 atom stereocenters. The number of benzene rings is 1. The third-order valence-electron chi connectivity index (χ3n) is 4.12. The molecule has 0 saturated carbocycles. The van der Waals surface area contributed by atoms with Crippen LogP contribution < -0.4 is 10.2 Å². The van der Waals surface area contributed by atoms with Crippen LogP contribution in [0.2, 0.25) is 0 Å². The number of rotatable bonds is 2. The zero-order valence-corrected chi connectivity index (χ0v) is 11.7. The topological polar surface area (TPSA) is 28.2 Å². The lowest BCUT2D eigenvalue weighted by molar-refractivity contribution is 0.437. The molecule has 1 saturated heterocycles. The van der Waals surface area contributed by atoms with E-state index in [1.807, 2.05) is 13.2 Å². The first-order valence-corrected chi connectivity index (χ1v) is 7.09. The molecule has 19 heavy (non-hydrogen) atoms. The van der Waals surface area contributed by atoms with E-state index in [1.54, 1.807) is 0 Å². The second-order valence-electron chi connectivity index (χ2n) is 5.49. The lowest BCUT2D eigenvalue weighted by Crippen LogP contribution is -2.33. The fourth-order valence-corrected chi connectivity index (χ4v) is 2.78. The summed E-state index contributed by atoms with van der Waals surface area (Å²) in [6.07, 6.45) is 4.46. The molecule has 0 spiro atoms. The van der Waals surface area contributed by atoms with Gasteiger partial charge in [-0.2, -0.15) is 0 Å². The molecule has 1 aromatic heterocycles. The van der Waals surface area contributed by atoms with E-state index in [0.29, 0.717) is 0 Å². The van der Waals surface area contributed by atoms with E-state index >= 15 is 0 Å². The van der Waals surface area contributed by atoms with Gasteiger partial charge >= 0.3 is 0 Å². The lowest BCUT2D eigenvalue weighted by atomic mass is 9.99. The van der Waals surface area contributed by atoms with E-state index in [-0.39, 0.29) is 0 Å². The Kier molecular flexibility index (Phi) is 3.28. The van der Waals surface area contributed by atoms with Gasteiger partial charge in [0.05, 0.1) is 0 Å². The second-order valence-corrected chi connectivity index (χ2v) is 5.49. The molecule has 1 aliphatic heterocycles. The van der Waals surface area contributed by atoms with Gasteiger partial charge in [0.1, 0.15) is 5.82 Å². The average molecular weight is 255 g/mol. The molecule has 0 amide bonds. The Bertz CT molecular complexity index is 571. The molecule has 3 heteroatoms. The number of aromatic nitrogens is 1. The molecule has 0 unspecified atom stereocenters. The minimum absolute atomic E-state index is 0.846. The highest BCUT2D eigenvalue weighted by Gasteiger charge is 2.18. The summed E-state index contributed by atoms with van der Waals surface area (Å²) in [4.78, 5) is 7.06. The molecule has 1 N–H and O–H groups in total. The van der Waals surface area contributed by atoms with Gasteiger partial charge in [-0.05, 0) is 42.3 Å². The Morgan fingerprint density at radius 1 is 1.21 bits per heavy atom. The van der Waals surface area contributed by atoms with Gasteiger partial charge in [0, 0.05) is 37.4 Å². The largest absolute Gasteiger partial charge is 0.388 e. The van der Waals surface area contributed by atoms with Crippen LogP contribution in [0, 0.1) is 5.92 Å². The molecule has 100 valence electrons. The van der Waals surface area contributed by atoms with Crippen LogP contribution in [-0.4, -0.2) is 25.1 Å². The van der Waals surface area contributed by atoms with Crippen molar-refractivity contribution in [3.05, 3.63) is 30.5 Å². The fourth-order valence-electron chi connectivity index (χ4n) is 2.78. The Morgan fingerprint density at radius 3 is 2.74 bits per heavy atom. The number of hydrogen-bond donors (Lipinski definition) is 1. The molecular weight excluding hydrogens is 234 g/mol. The maximum atomic E-state index is 4.63. The molecule has 0 bridgehead atoms. The third-order valence-corrected chi connectivity index (χ3v) is 4.12. The van der Waals surface area contributed by atoms with Gasteiger partial charge in [-0.3, -0.25) is 0 Å². The molecule has 1 fully saturated rings. The van der Waals surface area contributed by atoms with E-state index in [1.165, 1.54) is 23.6 Å². The predicted octanol–water partition coefficient (Wildman–Crippen LogP) is 3.51. The fraction of sp³-hybridized carbons (Fsp3) is 0.438. The van der Waals surface area contributed by atoms with Gasteiger partial charge in [-0.15, -0.1) is 0 Å². The normalized spacial score (nSPS) is 16.8. The van der Waals surface area contributed by atoms with E-state index < -0.39 is 0 Å². The smallest absolute Gasteiger partial charge is 0.136 e. The van der Waals surface area contributed by atoms with Crippen LogP contribution in [0.25, 0.3) is 10.8 Å². The Morgan fingerprint density at radius 2 is 2.00 bits per heavy atom. The molecule has 0 radical (unpaired) electrons. The third kappa shape index (κ3) is 2.37. The summed E-state index contributed by atoms with van der Waals surface area (Å²) in [5, 5.41) is 5.73. The minimum Gasteiger partial charge on any atom is -0.388 e. The van der Waals surface area contributed by atoms with Gasteiger partial charge in [-0.25, -0.2) is 4.98 Å². The number of nitrogens with zero attached hydrogens (tertiary/aromatic N) is 2. The highest BCUT2D eigenvalue weighted by molar-refractivity contribution is 5.94. The molecule has 3 nitrogen and oxygen atoms in total. The molecule has 1 aliphatic rings. The van der Waals surface area contributed by atoms with Crippen molar-refractivity contribution in [2.75, 3.05) is 30.4 Å². The molecule has 0 aliphatic carbocycles. The van der Waals surface area contributed by atoms with E-state index in [9.17, 15) is 0 Å².